The summed E-state index contributed by atoms with van der Waals surface area (Å²) in [5.41, 5.74) is 4.20. The number of ether oxygens (including phenoxy) is 1. The Morgan fingerprint density at radius 2 is 1.86 bits per heavy atom. The Labute approximate surface area is 166 Å². The highest BCUT2D eigenvalue weighted by Crippen LogP contribution is 2.13. The van der Waals surface area contributed by atoms with Crippen LogP contribution in [-0.4, -0.2) is 41.0 Å². The molecule has 0 radical (unpaired) electrons. The van der Waals surface area contributed by atoms with Gasteiger partial charge in [0.2, 0.25) is 5.91 Å². The number of carbonyl (C=O) groups excluding carboxylic acids is 2. The van der Waals surface area contributed by atoms with Crippen molar-refractivity contribution in [2.24, 2.45) is 5.92 Å². The minimum absolute atomic E-state index is 0.0375. The predicted octanol–water partition coefficient (Wildman–Crippen LogP) is 2.92. The molecule has 2 amide bonds. The normalized spacial score (nSPS) is 11.9. The van der Waals surface area contributed by atoms with Gasteiger partial charge in [0.15, 0.2) is 0 Å². The number of nitrogens with zero attached hydrogens (tertiary/aromatic N) is 2. The highest BCUT2D eigenvalue weighted by molar-refractivity contribution is 5.85. The lowest BCUT2D eigenvalue weighted by atomic mass is 10.0. The van der Waals surface area contributed by atoms with Gasteiger partial charge in [-0.05, 0) is 56.9 Å². The number of alkyl carbamates (subject to hydrolysis) is 1. The second kappa shape index (κ2) is 9.92. The van der Waals surface area contributed by atoms with E-state index in [1.165, 1.54) is 0 Å². The molecule has 2 rings (SSSR count). The van der Waals surface area contributed by atoms with Gasteiger partial charge in [0, 0.05) is 12.2 Å². The number of hydrogen-bond acceptors (Lipinski definition) is 4. The first-order chi connectivity index (χ1) is 13.3. The van der Waals surface area contributed by atoms with Gasteiger partial charge in [-0.2, -0.15) is 5.10 Å². The number of carbonyl (C=O) groups is 2. The summed E-state index contributed by atoms with van der Waals surface area (Å²) >= 11 is 0. The Bertz CT molecular complexity index is 796. The molecule has 0 saturated heterocycles. The molecule has 0 aliphatic rings. The molecule has 2 N–H and O–H groups in total. The fraction of sp³-hybridized carbons (Fsp3) is 0.476. The molecule has 0 bridgehead atoms. The van der Waals surface area contributed by atoms with Crippen LogP contribution in [0.15, 0.2) is 30.3 Å². The summed E-state index contributed by atoms with van der Waals surface area (Å²) in [6.45, 7) is 10.3. The summed E-state index contributed by atoms with van der Waals surface area (Å²) in [5, 5.41) is 9.99. The lowest BCUT2D eigenvalue weighted by molar-refractivity contribution is -0.124. The molecule has 28 heavy (non-hydrogen) atoms. The van der Waals surface area contributed by atoms with Gasteiger partial charge in [0.05, 0.1) is 18.0 Å². The quantitative estimate of drug-likeness (QED) is 0.730. The Morgan fingerprint density at radius 1 is 1.18 bits per heavy atom. The topological polar surface area (TPSA) is 85.2 Å². The van der Waals surface area contributed by atoms with Gasteiger partial charge < -0.3 is 15.4 Å². The average molecular weight is 386 g/mol. The van der Waals surface area contributed by atoms with Crippen molar-refractivity contribution in [1.29, 1.82) is 0 Å². The van der Waals surface area contributed by atoms with Crippen molar-refractivity contribution in [2.45, 2.75) is 47.1 Å². The first kappa shape index (κ1) is 21.5. The van der Waals surface area contributed by atoms with Crippen LogP contribution in [-0.2, 0) is 16.0 Å². The number of amides is 2. The van der Waals surface area contributed by atoms with Gasteiger partial charge in [-0.1, -0.05) is 26.0 Å². The minimum Gasteiger partial charge on any atom is -0.450 e. The van der Waals surface area contributed by atoms with Crippen LogP contribution in [0.25, 0.3) is 5.69 Å². The van der Waals surface area contributed by atoms with Crippen molar-refractivity contribution in [1.82, 2.24) is 20.4 Å². The standard InChI is InChI=1S/C21H30N4O3/c1-6-28-21(27)23-19(14(2)3)20(26)22-12-11-17-7-9-18(10-8-17)25-16(5)13-15(4)24-25/h7-10,13-14,19H,6,11-12H2,1-5H3,(H,22,26)(H,23,27). The second-order valence-electron chi connectivity index (χ2n) is 7.13. The molecule has 0 spiro atoms. The maximum atomic E-state index is 12.4. The summed E-state index contributed by atoms with van der Waals surface area (Å²) in [4.78, 5) is 24.0. The van der Waals surface area contributed by atoms with Gasteiger partial charge >= 0.3 is 6.09 Å². The molecule has 152 valence electrons. The van der Waals surface area contributed by atoms with Crippen LogP contribution in [0.4, 0.5) is 4.79 Å². The molecule has 0 aliphatic carbocycles. The van der Waals surface area contributed by atoms with Crippen molar-refractivity contribution in [3.8, 4) is 5.69 Å². The molecule has 1 atom stereocenters. The zero-order chi connectivity index (χ0) is 20.7. The Balaban J connectivity index is 1.88. The molecule has 1 aromatic carbocycles. The molecule has 0 saturated carbocycles. The van der Waals surface area contributed by atoms with Crippen LogP contribution >= 0.6 is 0 Å². The Kier molecular flexibility index (Phi) is 7.61. The Morgan fingerprint density at radius 3 is 2.39 bits per heavy atom. The average Bonchev–Trinajstić information content (AvgIpc) is 2.98. The summed E-state index contributed by atoms with van der Waals surface area (Å²) < 4.78 is 6.78. The number of nitrogens with one attached hydrogen (secondary N) is 2. The van der Waals surface area contributed by atoms with Crippen LogP contribution < -0.4 is 10.6 Å². The van der Waals surface area contributed by atoms with E-state index in [1.807, 2.05) is 62.7 Å². The maximum absolute atomic E-state index is 12.4. The number of rotatable bonds is 8. The SMILES string of the molecule is CCOC(=O)NC(C(=O)NCCc1ccc(-n2nc(C)cc2C)cc1)C(C)C. The zero-order valence-electron chi connectivity index (χ0n) is 17.3. The fourth-order valence-electron chi connectivity index (χ4n) is 2.97. The largest absolute Gasteiger partial charge is 0.450 e. The molecule has 1 heterocycles. The van der Waals surface area contributed by atoms with Crippen molar-refractivity contribution >= 4 is 12.0 Å². The second-order valence-corrected chi connectivity index (χ2v) is 7.13. The molecule has 7 nitrogen and oxygen atoms in total. The van der Waals surface area contributed by atoms with Gasteiger partial charge in [-0.25, -0.2) is 9.48 Å². The van der Waals surface area contributed by atoms with Crippen molar-refractivity contribution in [3.05, 3.63) is 47.3 Å². The fourth-order valence-corrected chi connectivity index (χ4v) is 2.97. The smallest absolute Gasteiger partial charge is 0.407 e. The van der Waals surface area contributed by atoms with E-state index in [4.69, 9.17) is 4.74 Å². The number of hydrogen-bond donors (Lipinski definition) is 2. The van der Waals surface area contributed by atoms with Crippen LogP contribution in [0.1, 0.15) is 37.7 Å². The number of aromatic nitrogens is 2. The lowest BCUT2D eigenvalue weighted by Gasteiger charge is -2.21. The van der Waals surface area contributed by atoms with Crippen LogP contribution in [0, 0.1) is 19.8 Å². The van der Waals surface area contributed by atoms with Crippen LogP contribution in [0.3, 0.4) is 0 Å². The van der Waals surface area contributed by atoms with Gasteiger partial charge in [-0.3, -0.25) is 4.79 Å². The summed E-state index contributed by atoms with van der Waals surface area (Å²) in [7, 11) is 0. The van der Waals surface area contributed by atoms with E-state index in [1.54, 1.807) is 6.92 Å². The summed E-state index contributed by atoms with van der Waals surface area (Å²) in [6, 6.07) is 9.54. The predicted molar refractivity (Wildman–Crippen MR) is 109 cm³/mol. The van der Waals surface area contributed by atoms with E-state index in [0.717, 1.165) is 22.6 Å². The van der Waals surface area contributed by atoms with Gasteiger partial charge in [-0.15, -0.1) is 0 Å². The minimum atomic E-state index is -0.618. The van der Waals surface area contributed by atoms with Crippen molar-refractivity contribution in [3.63, 3.8) is 0 Å². The van der Waals surface area contributed by atoms with Crippen LogP contribution in [0.2, 0.25) is 0 Å². The first-order valence-electron chi connectivity index (χ1n) is 9.65. The lowest BCUT2D eigenvalue weighted by Crippen LogP contribution is -2.50. The van der Waals surface area contributed by atoms with Crippen LogP contribution in [0.5, 0.6) is 0 Å². The Hall–Kier alpha value is -2.83. The summed E-state index contributed by atoms with van der Waals surface area (Å²) in [5.74, 6) is -0.244. The number of benzene rings is 1. The molecular formula is C21H30N4O3. The zero-order valence-corrected chi connectivity index (χ0v) is 17.3. The van der Waals surface area contributed by atoms with E-state index < -0.39 is 12.1 Å². The molecule has 1 aromatic heterocycles. The van der Waals surface area contributed by atoms with Gasteiger partial charge in [0.1, 0.15) is 6.04 Å². The van der Waals surface area contributed by atoms with Crippen molar-refractivity contribution in [2.75, 3.05) is 13.2 Å². The van der Waals surface area contributed by atoms with E-state index >= 15 is 0 Å². The number of aryl methyl sites for hydroxylation is 2. The van der Waals surface area contributed by atoms with E-state index in [2.05, 4.69) is 15.7 Å². The maximum Gasteiger partial charge on any atom is 0.407 e. The summed E-state index contributed by atoms with van der Waals surface area (Å²) in [6.07, 6.45) is 0.129. The van der Waals surface area contributed by atoms with Crippen molar-refractivity contribution < 1.29 is 14.3 Å². The third kappa shape index (κ3) is 5.84. The van der Waals surface area contributed by atoms with E-state index in [9.17, 15) is 9.59 Å². The highest BCUT2D eigenvalue weighted by Gasteiger charge is 2.24. The molecule has 0 fully saturated rings. The van der Waals surface area contributed by atoms with Gasteiger partial charge in [0.25, 0.3) is 0 Å². The molecular weight excluding hydrogens is 356 g/mol. The van der Waals surface area contributed by atoms with E-state index in [-0.39, 0.29) is 18.4 Å². The third-order valence-corrected chi connectivity index (χ3v) is 4.40. The molecule has 1 unspecified atom stereocenters. The highest BCUT2D eigenvalue weighted by atomic mass is 16.5. The molecule has 0 aliphatic heterocycles. The monoisotopic (exact) mass is 386 g/mol. The first-order valence-corrected chi connectivity index (χ1v) is 9.65. The molecule has 2 aromatic rings. The third-order valence-electron chi connectivity index (χ3n) is 4.40. The molecule has 7 heteroatoms. The van der Waals surface area contributed by atoms with E-state index in [0.29, 0.717) is 13.0 Å².